The SMILES string of the molecule is CCCCc1nnc(NC(=O)C2CCN(C(=O)[C@H]3CC(=O)N(c4ccc(C)cc4)C3)CC2)s1. The highest BCUT2D eigenvalue weighted by Gasteiger charge is 2.38. The van der Waals surface area contributed by atoms with Gasteiger partial charge in [-0.2, -0.15) is 0 Å². The van der Waals surface area contributed by atoms with Crippen molar-refractivity contribution in [1.29, 1.82) is 0 Å². The van der Waals surface area contributed by atoms with Crippen LogP contribution in [0.3, 0.4) is 0 Å². The number of nitrogens with zero attached hydrogens (tertiary/aromatic N) is 4. The Morgan fingerprint density at radius 3 is 2.55 bits per heavy atom. The Hall–Kier alpha value is -2.81. The van der Waals surface area contributed by atoms with E-state index in [-0.39, 0.29) is 36.0 Å². The number of piperidine rings is 1. The van der Waals surface area contributed by atoms with Crippen LogP contribution < -0.4 is 10.2 Å². The molecular weight excluding hydrogens is 438 g/mol. The van der Waals surface area contributed by atoms with E-state index in [4.69, 9.17) is 0 Å². The maximum absolute atomic E-state index is 13.1. The molecule has 0 radical (unpaired) electrons. The lowest BCUT2D eigenvalue weighted by molar-refractivity contribution is -0.138. The summed E-state index contributed by atoms with van der Waals surface area (Å²) in [5.74, 6) is -0.524. The topological polar surface area (TPSA) is 95.5 Å². The van der Waals surface area contributed by atoms with Gasteiger partial charge in [-0.1, -0.05) is 42.4 Å². The lowest BCUT2D eigenvalue weighted by Gasteiger charge is -2.32. The number of unbranched alkanes of at least 4 members (excludes halogenated alkanes) is 1. The number of nitrogens with one attached hydrogen (secondary N) is 1. The summed E-state index contributed by atoms with van der Waals surface area (Å²) in [6.45, 7) is 5.61. The number of likely N-dealkylation sites (tertiary alicyclic amines) is 1. The summed E-state index contributed by atoms with van der Waals surface area (Å²) in [7, 11) is 0. The summed E-state index contributed by atoms with van der Waals surface area (Å²) in [5, 5.41) is 12.6. The molecule has 4 rings (SSSR count). The van der Waals surface area contributed by atoms with E-state index >= 15 is 0 Å². The molecule has 0 aliphatic carbocycles. The third kappa shape index (κ3) is 5.58. The summed E-state index contributed by atoms with van der Waals surface area (Å²) in [5.41, 5.74) is 1.97. The lowest BCUT2D eigenvalue weighted by atomic mass is 9.94. The van der Waals surface area contributed by atoms with Crippen molar-refractivity contribution in [2.45, 2.75) is 52.4 Å². The molecule has 1 aromatic heterocycles. The van der Waals surface area contributed by atoms with Crippen molar-refractivity contribution in [2.24, 2.45) is 11.8 Å². The number of anilines is 2. The lowest BCUT2D eigenvalue weighted by Crippen LogP contribution is -2.44. The second-order valence-corrected chi connectivity index (χ2v) is 10.00. The van der Waals surface area contributed by atoms with E-state index < -0.39 is 0 Å². The molecule has 9 heteroatoms. The Balaban J connectivity index is 1.26. The minimum absolute atomic E-state index is 0.0122. The molecule has 176 valence electrons. The zero-order chi connectivity index (χ0) is 23.4. The van der Waals surface area contributed by atoms with Gasteiger partial charge in [-0.15, -0.1) is 10.2 Å². The number of benzene rings is 1. The van der Waals surface area contributed by atoms with Crippen molar-refractivity contribution in [1.82, 2.24) is 15.1 Å². The van der Waals surface area contributed by atoms with Crippen molar-refractivity contribution in [3.8, 4) is 0 Å². The van der Waals surface area contributed by atoms with Crippen molar-refractivity contribution >= 4 is 39.9 Å². The first-order chi connectivity index (χ1) is 15.9. The summed E-state index contributed by atoms with van der Waals surface area (Å²) in [4.78, 5) is 41.8. The van der Waals surface area contributed by atoms with Gasteiger partial charge in [-0.25, -0.2) is 0 Å². The maximum atomic E-state index is 13.1. The van der Waals surface area contributed by atoms with Gasteiger partial charge in [0.25, 0.3) is 0 Å². The Kier molecular flexibility index (Phi) is 7.37. The molecule has 8 nitrogen and oxygen atoms in total. The van der Waals surface area contributed by atoms with Crippen molar-refractivity contribution in [2.75, 3.05) is 29.9 Å². The minimum atomic E-state index is -0.327. The zero-order valence-corrected chi connectivity index (χ0v) is 20.1. The molecule has 0 saturated carbocycles. The second-order valence-electron chi connectivity index (χ2n) is 8.93. The van der Waals surface area contributed by atoms with Crippen LogP contribution in [0.25, 0.3) is 0 Å². The zero-order valence-electron chi connectivity index (χ0n) is 19.2. The van der Waals surface area contributed by atoms with Gasteiger partial charge in [0.2, 0.25) is 22.9 Å². The van der Waals surface area contributed by atoms with Crippen molar-refractivity contribution in [3.63, 3.8) is 0 Å². The Bertz CT molecular complexity index is 998. The van der Waals surface area contributed by atoms with Crippen LogP contribution in [0.2, 0.25) is 0 Å². The molecule has 1 atom stereocenters. The first kappa shape index (κ1) is 23.4. The average Bonchev–Trinajstić information content (AvgIpc) is 3.44. The van der Waals surface area contributed by atoms with E-state index in [2.05, 4.69) is 22.4 Å². The fourth-order valence-electron chi connectivity index (χ4n) is 4.41. The quantitative estimate of drug-likeness (QED) is 0.670. The molecule has 1 aromatic carbocycles. The van der Waals surface area contributed by atoms with E-state index in [1.807, 2.05) is 36.1 Å². The summed E-state index contributed by atoms with van der Waals surface area (Å²) in [6, 6.07) is 7.80. The molecular formula is C24H31N5O3S. The molecule has 3 amide bonds. The molecule has 1 N–H and O–H groups in total. The van der Waals surface area contributed by atoms with Gasteiger partial charge in [0.05, 0.1) is 5.92 Å². The van der Waals surface area contributed by atoms with E-state index in [9.17, 15) is 14.4 Å². The Morgan fingerprint density at radius 2 is 1.85 bits per heavy atom. The predicted octanol–water partition coefficient (Wildman–Crippen LogP) is 3.42. The van der Waals surface area contributed by atoms with Gasteiger partial charge in [0, 0.05) is 44.1 Å². The van der Waals surface area contributed by atoms with E-state index in [0.717, 1.165) is 35.5 Å². The number of rotatable bonds is 7. The van der Waals surface area contributed by atoms with E-state index in [1.165, 1.54) is 11.3 Å². The first-order valence-electron chi connectivity index (χ1n) is 11.7. The highest BCUT2D eigenvalue weighted by Crippen LogP contribution is 2.28. The van der Waals surface area contributed by atoms with Crippen LogP contribution in [0, 0.1) is 18.8 Å². The smallest absolute Gasteiger partial charge is 0.229 e. The van der Waals surface area contributed by atoms with Gasteiger partial charge >= 0.3 is 0 Å². The molecule has 2 aliphatic rings. The standard InChI is InChI=1S/C24H31N5O3S/c1-3-4-5-20-26-27-24(33-20)25-22(31)17-10-12-28(13-11-17)23(32)18-14-21(30)29(15-18)19-8-6-16(2)7-9-19/h6-9,17-18H,3-5,10-15H2,1-2H3,(H,25,27,31)/t18-/m0/s1. The van der Waals surface area contributed by atoms with Crippen LogP contribution in [0.15, 0.2) is 24.3 Å². The number of aryl methyl sites for hydroxylation is 2. The van der Waals surface area contributed by atoms with Crippen LogP contribution in [0.5, 0.6) is 0 Å². The first-order valence-corrected chi connectivity index (χ1v) is 12.5. The van der Waals surface area contributed by atoms with Crippen molar-refractivity contribution in [3.05, 3.63) is 34.8 Å². The summed E-state index contributed by atoms with van der Waals surface area (Å²) >= 11 is 1.43. The highest BCUT2D eigenvalue weighted by molar-refractivity contribution is 7.15. The van der Waals surface area contributed by atoms with Gasteiger partial charge in [0.1, 0.15) is 5.01 Å². The van der Waals surface area contributed by atoms with Crippen LogP contribution >= 0.6 is 11.3 Å². The number of carbonyl (C=O) groups excluding carboxylic acids is 3. The third-order valence-corrected chi connectivity index (χ3v) is 7.34. The van der Waals surface area contributed by atoms with Crippen LogP contribution in [-0.4, -0.2) is 52.5 Å². The number of amides is 3. The number of hydrogen-bond acceptors (Lipinski definition) is 6. The fourth-order valence-corrected chi connectivity index (χ4v) is 5.19. The molecule has 0 bridgehead atoms. The average molecular weight is 470 g/mol. The van der Waals surface area contributed by atoms with E-state index in [1.54, 1.807) is 4.90 Å². The highest BCUT2D eigenvalue weighted by atomic mass is 32.1. The van der Waals surface area contributed by atoms with Gasteiger partial charge in [0.15, 0.2) is 0 Å². The normalized spacial score (nSPS) is 19.2. The Morgan fingerprint density at radius 1 is 1.12 bits per heavy atom. The fraction of sp³-hybridized carbons (Fsp3) is 0.542. The number of hydrogen-bond donors (Lipinski definition) is 1. The van der Waals surface area contributed by atoms with Crippen LogP contribution in [0.1, 0.15) is 49.6 Å². The number of aromatic nitrogens is 2. The summed E-state index contributed by atoms with van der Waals surface area (Å²) < 4.78 is 0. The van der Waals surface area contributed by atoms with Crippen molar-refractivity contribution < 1.29 is 14.4 Å². The maximum Gasteiger partial charge on any atom is 0.229 e. The second kappa shape index (κ2) is 10.4. The molecule has 2 aliphatic heterocycles. The molecule has 33 heavy (non-hydrogen) atoms. The Labute approximate surface area is 198 Å². The van der Waals surface area contributed by atoms with Crippen LogP contribution in [-0.2, 0) is 20.8 Å². The molecule has 2 aromatic rings. The largest absolute Gasteiger partial charge is 0.342 e. The number of carbonyl (C=O) groups is 3. The summed E-state index contributed by atoms with van der Waals surface area (Å²) in [6.07, 6.45) is 4.50. The predicted molar refractivity (Wildman–Crippen MR) is 128 cm³/mol. The van der Waals surface area contributed by atoms with Gasteiger partial charge < -0.3 is 15.1 Å². The third-order valence-electron chi connectivity index (χ3n) is 6.44. The molecule has 2 fully saturated rings. The van der Waals surface area contributed by atoms with Gasteiger partial charge in [-0.3, -0.25) is 14.4 Å². The molecule has 2 saturated heterocycles. The van der Waals surface area contributed by atoms with Gasteiger partial charge in [-0.05, 0) is 38.3 Å². The molecule has 0 unspecified atom stereocenters. The van der Waals surface area contributed by atoms with E-state index in [0.29, 0.717) is 37.6 Å². The van der Waals surface area contributed by atoms with Crippen LogP contribution in [0.4, 0.5) is 10.8 Å². The molecule has 0 spiro atoms. The minimum Gasteiger partial charge on any atom is -0.342 e. The monoisotopic (exact) mass is 469 g/mol. The molecule has 3 heterocycles.